The predicted molar refractivity (Wildman–Crippen MR) is 83.3 cm³/mol. The van der Waals surface area contributed by atoms with Gasteiger partial charge in [0.1, 0.15) is 5.82 Å². The normalized spacial score (nSPS) is 16.1. The number of nitrogens with two attached hydrogens (primary N) is 1. The van der Waals surface area contributed by atoms with E-state index in [4.69, 9.17) is 5.73 Å². The highest BCUT2D eigenvalue weighted by Gasteiger charge is 2.26. The molecule has 1 aromatic carbocycles. The predicted octanol–water partition coefficient (Wildman–Crippen LogP) is 3.97. The molecule has 0 amide bonds. The van der Waals surface area contributed by atoms with Gasteiger partial charge >= 0.3 is 0 Å². The second kappa shape index (κ2) is 6.48. The van der Waals surface area contributed by atoms with E-state index in [2.05, 4.69) is 23.3 Å². The van der Waals surface area contributed by atoms with Crippen LogP contribution in [0.25, 0.3) is 0 Å². The summed E-state index contributed by atoms with van der Waals surface area (Å²) < 4.78 is 13.5. The summed E-state index contributed by atoms with van der Waals surface area (Å²) in [6, 6.07) is 11.0. The molecular formula is C16H21FN2S. The molecule has 1 heterocycles. The van der Waals surface area contributed by atoms with Crippen molar-refractivity contribution in [3.63, 3.8) is 0 Å². The van der Waals surface area contributed by atoms with E-state index in [1.54, 1.807) is 23.5 Å². The van der Waals surface area contributed by atoms with Crippen LogP contribution in [-0.4, -0.2) is 18.0 Å². The van der Waals surface area contributed by atoms with E-state index < -0.39 is 0 Å². The van der Waals surface area contributed by atoms with E-state index >= 15 is 0 Å². The van der Waals surface area contributed by atoms with Crippen LogP contribution in [0.15, 0.2) is 41.8 Å². The highest BCUT2D eigenvalue weighted by molar-refractivity contribution is 7.10. The first-order chi connectivity index (χ1) is 9.50. The first-order valence-electron chi connectivity index (χ1n) is 6.77. The first kappa shape index (κ1) is 15.2. The summed E-state index contributed by atoms with van der Waals surface area (Å²) in [6.45, 7) is 4.12. The number of thiophene rings is 1. The number of halogens is 1. The molecule has 3 unspecified atom stereocenters. The van der Waals surface area contributed by atoms with E-state index in [9.17, 15) is 4.39 Å². The molecular weight excluding hydrogens is 271 g/mol. The Morgan fingerprint density at radius 1 is 1.20 bits per heavy atom. The Labute approximate surface area is 124 Å². The van der Waals surface area contributed by atoms with Crippen LogP contribution in [0.1, 0.15) is 36.4 Å². The monoisotopic (exact) mass is 292 g/mol. The summed E-state index contributed by atoms with van der Waals surface area (Å²) >= 11 is 1.73. The Balaban J connectivity index is 2.29. The number of hydrogen-bond acceptors (Lipinski definition) is 3. The molecule has 0 aliphatic rings. The summed E-state index contributed by atoms with van der Waals surface area (Å²) in [5.41, 5.74) is 7.07. The summed E-state index contributed by atoms with van der Waals surface area (Å²) in [6.07, 6.45) is 0. The third-order valence-corrected chi connectivity index (χ3v) is 4.74. The fraction of sp³-hybridized carbons (Fsp3) is 0.375. The van der Waals surface area contributed by atoms with Gasteiger partial charge in [-0.05, 0) is 50.0 Å². The molecule has 0 bridgehead atoms. The number of nitrogens with zero attached hydrogens (tertiary/aromatic N) is 1. The third-order valence-electron chi connectivity index (χ3n) is 3.69. The topological polar surface area (TPSA) is 29.3 Å². The van der Waals surface area contributed by atoms with Crippen molar-refractivity contribution in [3.8, 4) is 0 Å². The van der Waals surface area contributed by atoms with E-state index in [0.29, 0.717) is 0 Å². The van der Waals surface area contributed by atoms with Crippen LogP contribution in [0.4, 0.5) is 4.39 Å². The van der Waals surface area contributed by atoms with Crippen molar-refractivity contribution in [1.82, 2.24) is 4.90 Å². The Morgan fingerprint density at radius 2 is 1.95 bits per heavy atom. The van der Waals surface area contributed by atoms with Gasteiger partial charge < -0.3 is 5.73 Å². The average molecular weight is 292 g/mol. The van der Waals surface area contributed by atoms with E-state index in [1.807, 2.05) is 26.1 Å². The van der Waals surface area contributed by atoms with Gasteiger partial charge in [-0.1, -0.05) is 18.2 Å². The van der Waals surface area contributed by atoms with Crippen LogP contribution in [0.5, 0.6) is 0 Å². The quantitative estimate of drug-likeness (QED) is 0.903. The Kier molecular flexibility index (Phi) is 4.91. The molecule has 0 aliphatic heterocycles. The molecule has 2 aromatic rings. The lowest BCUT2D eigenvalue weighted by Gasteiger charge is -2.35. The van der Waals surface area contributed by atoms with Crippen LogP contribution < -0.4 is 5.73 Å². The second-order valence-corrected chi connectivity index (χ2v) is 6.20. The molecule has 0 saturated heterocycles. The minimum atomic E-state index is -0.217. The molecule has 3 atom stereocenters. The summed E-state index contributed by atoms with van der Waals surface area (Å²) in [5.74, 6) is -0.217. The van der Waals surface area contributed by atoms with Gasteiger partial charge in [0, 0.05) is 17.0 Å². The lowest BCUT2D eigenvalue weighted by molar-refractivity contribution is 0.167. The first-order valence-corrected chi connectivity index (χ1v) is 7.65. The third kappa shape index (κ3) is 3.26. The van der Waals surface area contributed by atoms with Gasteiger partial charge in [0.05, 0.1) is 6.04 Å². The molecule has 0 saturated carbocycles. The molecule has 20 heavy (non-hydrogen) atoms. The van der Waals surface area contributed by atoms with Crippen molar-refractivity contribution in [2.45, 2.75) is 32.0 Å². The Morgan fingerprint density at radius 3 is 2.50 bits per heavy atom. The molecule has 0 spiro atoms. The van der Waals surface area contributed by atoms with Gasteiger partial charge in [-0.2, -0.15) is 0 Å². The minimum Gasteiger partial charge on any atom is -0.326 e. The maximum absolute atomic E-state index is 13.5. The molecule has 2 N–H and O–H groups in total. The minimum absolute atomic E-state index is 0.0113. The van der Waals surface area contributed by atoms with Gasteiger partial charge in [-0.3, -0.25) is 4.90 Å². The van der Waals surface area contributed by atoms with Crippen molar-refractivity contribution in [2.24, 2.45) is 5.73 Å². The second-order valence-electron chi connectivity index (χ2n) is 5.22. The highest BCUT2D eigenvalue weighted by Crippen LogP contribution is 2.32. The van der Waals surface area contributed by atoms with Gasteiger partial charge in [-0.25, -0.2) is 4.39 Å². The lowest BCUT2D eigenvalue weighted by atomic mass is 9.98. The van der Waals surface area contributed by atoms with Crippen LogP contribution in [0.3, 0.4) is 0 Å². The van der Waals surface area contributed by atoms with Gasteiger partial charge in [0.2, 0.25) is 0 Å². The van der Waals surface area contributed by atoms with E-state index in [0.717, 1.165) is 5.56 Å². The van der Waals surface area contributed by atoms with Gasteiger partial charge in [0.25, 0.3) is 0 Å². The molecule has 0 aliphatic carbocycles. The largest absolute Gasteiger partial charge is 0.326 e. The standard InChI is InChI=1S/C16H21FN2S/c1-11(18)16(13-6-4-7-14(17)10-13)19(3)12(2)15-8-5-9-20-15/h4-12,16H,18H2,1-3H3. The van der Waals surface area contributed by atoms with Gasteiger partial charge in [0.15, 0.2) is 0 Å². The van der Waals surface area contributed by atoms with Crippen LogP contribution in [0.2, 0.25) is 0 Å². The summed E-state index contributed by atoms with van der Waals surface area (Å²) in [7, 11) is 2.04. The van der Waals surface area contributed by atoms with Crippen molar-refractivity contribution in [1.29, 1.82) is 0 Å². The number of hydrogen-bond donors (Lipinski definition) is 1. The highest BCUT2D eigenvalue weighted by atomic mass is 32.1. The number of rotatable bonds is 5. The Bertz CT molecular complexity index is 539. The Hall–Kier alpha value is -1.23. The molecule has 0 radical (unpaired) electrons. The molecule has 108 valence electrons. The van der Waals surface area contributed by atoms with Crippen LogP contribution >= 0.6 is 11.3 Å². The van der Waals surface area contributed by atoms with Gasteiger partial charge in [-0.15, -0.1) is 11.3 Å². The lowest BCUT2D eigenvalue weighted by Crippen LogP contribution is -2.38. The zero-order valence-electron chi connectivity index (χ0n) is 12.1. The van der Waals surface area contributed by atoms with E-state index in [1.165, 1.54) is 10.9 Å². The zero-order chi connectivity index (χ0) is 14.7. The fourth-order valence-corrected chi connectivity index (χ4v) is 3.41. The number of benzene rings is 1. The van der Waals surface area contributed by atoms with Crippen LogP contribution in [0, 0.1) is 5.82 Å². The van der Waals surface area contributed by atoms with Crippen LogP contribution in [-0.2, 0) is 0 Å². The maximum Gasteiger partial charge on any atom is 0.123 e. The molecule has 4 heteroatoms. The molecule has 2 rings (SSSR count). The smallest absolute Gasteiger partial charge is 0.123 e. The molecule has 1 aromatic heterocycles. The summed E-state index contributed by atoms with van der Waals surface area (Å²) in [5, 5.41) is 2.07. The average Bonchev–Trinajstić information content (AvgIpc) is 2.91. The fourth-order valence-electron chi connectivity index (χ4n) is 2.57. The zero-order valence-corrected chi connectivity index (χ0v) is 12.9. The SMILES string of the molecule is CC(N)C(c1cccc(F)c1)N(C)C(C)c1cccs1. The molecule has 2 nitrogen and oxygen atoms in total. The van der Waals surface area contributed by atoms with Crippen molar-refractivity contribution in [2.75, 3.05) is 7.05 Å². The van der Waals surface area contributed by atoms with Crippen molar-refractivity contribution < 1.29 is 4.39 Å². The van der Waals surface area contributed by atoms with Crippen molar-refractivity contribution >= 4 is 11.3 Å². The van der Waals surface area contributed by atoms with Crippen molar-refractivity contribution in [3.05, 3.63) is 58.0 Å². The summed E-state index contributed by atoms with van der Waals surface area (Å²) in [4.78, 5) is 3.50. The van der Waals surface area contributed by atoms with E-state index in [-0.39, 0.29) is 23.9 Å². The maximum atomic E-state index is 13.5. The molecule has 0 fully saturated rings. The number of likely N-dealkylation sites (N-methyl/N-ethyl adjacent to an activating group) is 1.